The molecule has 2 aromatic heterocycles. The summed E-state index contributed by atoms with van der Waals surface area (Å²) in [5, 5.41) is 9.68. The largest absolute Gasteiger partial charge is 0.368 e. The van der Waals surface area contributed by atoms with Gasteiger partial charge >= 0.3 is 0 Å². The standard InChI is InChI=1S/C26H25N7O/c34-26-25-21(15-29-26)20(23-16-33(17-30-23)18-4-2-1-3-5-18)7-8-22(25)31-24-9-6-19(14-28-24)32-12-10-27-11-13-32/h1-9,14,16-17,27H,10-13,15H2,(H,28,31)(H,29,34). The molecule has 0 unspecified atom stereocenters. The van der Waals surface area contributed by atoms with Gasteiger partial charge in [-0.15, -0.1) is 0 Å². The van der Waals surface area contributed by atoms with E-state index in [1.807, 2.05) is 65.5 Å². The molecule has 0 spiro atoms. The van der Waals surface area contributed by atoms with E-state index in [0.717, 1.165) is 60.1 Å². The van der Waals surface area contributed by atoms with Crippen LogP contribution in [-0.2, 0) is 6.54 Å². The fourth-order valence-electron chi connectivity index (χ4n) is 4.60. The number of hydrogen-bond donors (Lipinski definition) is 3. The minimum absolute atomic E-state index is 0.0840. The summed E-state index contributed by atoms with van der Waals surface area (Å²) in [5.41, 5.74) is 6.29. The maximum Gasteiger partial charge on any atom is 0.254 e. The molecule has 0 bridgehead atoms. The van der Waals surface area contributed by atoms with Crippen molar-refractivity contribution >= 4 is 23.1 Å². The normalized spacial score (nSPS) is 15.2. The molecule has 8 nitrogen and oxygen atoms in total. The lowest BCUT2D eigenvalue weighted by Gasteiger charge is -2.29. The molecule has 4 aromatic rings. The molecule has 8 heteroatoms. The van der Waals surface area contributed by atoms with Crippen LogP contribution in [0, 0.1) is 0 Å². The van der Waals surface area contributed by atoms with Crippen molar-refractivity contribution in [1.82, 2.24) is 25.2 Å². The summed E-state index contributed by atoms with van der Waals surface area (Å²) >= 11 is 0. The van der Waals surface area contributed by atoms with Crippen LogP contribution in [0.25, 0.3) is 16.9 Å². The maximum atomic E-state index is 12.7. The molecule has 1 saturated heterocycles. The lowest BCUT2D eigenvalue weighted by molar-refractivity contribution is 0.0966. The second-order valence-electron chi connectivity index (χ2n) is 8.46. The van der Waals surface area contributed by atoms with E-state index in [2.05, 4.69) is 36.9 Å². The number of carbonyl (C=O) groups is 1. The fraction of sp³-hybridized carbons (Fsp3) is 0.192. The fourth-order valence-corrected chi connectivity index (χ4v) is 4.60. The molecule has 0 aliphatic carbocycles. The third kappa shape index (κ3) is 3.78. The van der Waals surface area contributed by atoms with Gasteiger partial charge in [0.05, 0.1) is 35.2 Å². The number of pyridine rings is 1. The number of para-hydroxylation sites is 1. The van der Waals surface area contributed by atoms with Crippen LogP contribution in [0.2, 0.25) is 0 Å². The summed E-state index contributed by atoms with van der Waals surface area (Å²) in [4.78, 5) is 24.3. The van der Waals surface area contributed by atoms with Crippen molar-refractivity contribution in [3.05, 3.63) is 84.4 Å². The number of rotatable bonds is 5. The molecular formula is C26H25N7O. The number of amides is 1. The Kier molecular flexibility index (Phi) is 5.20. The predicted octanol–water partition coefficient (Wildman–Crippen LogP) is 3.33. The number of benzene rings is 2. The third-order valence-corrected chi connectivity index (χ3v) is 6.37. The molecule has 0 atom stereocenters. The van der Waals surface area contributed by atoms with Gasteiger partial charge in [0, 0.05) is 50.2 Å². The highest BCUT2D eigenvalue weighted by molar-refractivity contribution is 6.06. The van der Waals surface area contributed by atoms with E-state index >= 15 is 0 Å². The van der Waals surface area contributed by atoms with Crippen molar-refractivity contribution in [3.8, 4) is 16.9 Å². The SMILES string of the molecule is O=C1NCc2c(-c3cn(-c4ccccc4)cn3)ccc(Nc3ccc(N4CCNCC4)cn3)c21. The molecule has 34 heavy (non-hydrogen) atoms. The lowest BCUT2D eigenvalue weighted by atomic mass is 9.99. The maximum absolute atomic E-state index is 12.7. The van der Waals surface area contributed by atoms with Gasteiger partial charge in [-0.05, 0) is 35.9 Å². The van der Waals surface area contributed by atoms with Crippen molar-refractivity contribution in [2.24, 2.45) is 0 Å². The molecule has 0 saturated carbocycles. The summed E-state index contributed by atoms with van der Waals surface area (Å²) in [5.74, 6) is 0.626. The van der Waals surface area contributed by atoms with Crippen molar-refractivity contribution in [2.75, 3.05) is 36.4 Å². The second kappa shape index (κ2) is 8.64. The number of nitrogens with one attached hydrogen (secondary N) is 3. The molecule has 170 valence electrons. The van der Waals surface area contributed by atoms with Crippen molar-refractivity contribution < 1.29 is 4.79 Å². The van der Waals surface area contributed by atoms with E-state index in [4.69, 9.17) is 0 Å². The van der Waals surface area contributed by atoms with E-state index < -0.39 is 0 Å². The van der Waals surface area contributed by atoms with Crippen LogP contribution < -0.4 is 20.9 Å². The molecule has 1 amide bonds. The summed E-state index contributed by atoms with van der Waals surface area (Å²) in [6.45, 7) is 4.40. The Labute approximate surface area is 197 Å². The Hall–Kier alpha value is -4.17. The first-order valence-corrected chi connectivity index (χ1v) is 11.5. The molecule has 3 N–H and O–H groups in total. The number of piperazine rings is 1. The van der Waals surface area contributed by atoms with Crippen LogP contribution in [0.15, 0.2) is 73.3 Å². The van der Waals surface area contributed by atoms with Gasteiger partial charge in [0.25, 0.3) is 5.91 Å². The number of carbonyl (C=O) groups excluding carboxylic acids is 1. The first kappa shape index (κ1) is 20.4. The molecular weight excluding hydrogens is 426 g/mol. The molecule has 2 aliphatic rings. The van der Waals surface area contributed by atoms with E-state index in [1.54, 1.807) is 6.33 Å². The van der Waals surface area contributed by atoms with Gasteiger partial charge in [-0.1, -0.05) is 24.3 Å². The number of anilines is 3. The van der Waals surface area contributed by atoms with Crippen molar-refractivity contribution in [3.63, 3.8) is 0 Å². The second-order valence-corrected chi connectivity index (χ2v) is 8.46. The van der Waals surface area contributed by atoms with Gasteiger partial charge in [0.2, 0.25) is 0 Å². The van der Waals surface area contributed by atoms with Crippen LogP contribution in [0.3, 0.4) is 0 Å². The minimum Gasteiger partial charge on any atom is -0.368 e. The third-order valence-electron chi connectivity index (χ3n) is 6.37. The first-order valence-electron chi connectivity index (χ1n) is 11.5. The highest BCUT2D eigenvalue weighted by Gasteiger charge is 2.27. The summed E-state index contributed by atoms with van der Waals surface area (Å²) < 4.78 is 1.99. The zero-order valence-electron chi connectivity index (χ0n) is 18.7. The van der Waals surface area contributed by atoms with E-state index in [9.17, 15) is 4.79 Å². The summed E-state index contributed by atoms with van der Waals surface area (Å²) in [7, 11) is 0. The molecule has 2 aromatic carbocycles. The first-order chi connectivity index (χ1) is 16.8. The molecule has 0 radical (unpaired) electrons. The number of hydrogen-bond acceptors (Lipinski definition) is 6. The zero-order valence-corrected chi connectivity index (χ0v) is 18.7. The highest BCUT2D eigenvalue weighted by atomic mass is 16.1. The Balaban J connectivity index is 1.28. The Morgan fingerprint density at radius 3 is 2.56 bits per heavy atom. The molecule has 1 fully saturated rings. The van der Waals surface area contributed by atoms with E-state index in [-0.39, 0.29) is 5.91 Å². The summed E-state index contributed by atoms with van der Waals surface area (Å²) in [6, 6.07) is 18.1. The van der Waals surface area contributed by atoms with Gasteiger partial charge in [-0.3, -0.25) is 4.79 Å². The highest BCUT2D eigenvalue weighted by Crippen LogP contribution is 2.34. The molecule has 2 aliphatic heterocycles. The van der Waals surface area contributed by atoms with Crippen LogP contribution >= 0.6 is 0 Å². The topological polar surface area (TPSA) is 87.1 Å². The van der Waals surface area contributed by atoms with Gasteiger partial charge < -0.3 is 25.4 Å². The Bertz CT molecular complexity index is 1330. The van der Waals surface area contributed by atoms with Crippen LogP contribution in [0.4, 0.5) is 17.2 Å². The number of aromatic nitrogens is 3. The zero-order chi connectivity index (χ0) is 22.9. The average molecular weight is 452 g/mol. The Morgan fingerprint density at radius 1 is 0.912 bits per heavy atom. The smallest absolute Gasteiger partial charge is 0.254 e. The van der Waals surface area contributed by atoms with Gasteiger partial charge in [0.15, 0.2) is 0 Å². The summed E-state index contributed by atoms with van der Waals surface area (Å²) in [6.07, 6.45) is 5.69. The minimum atomic E-state index is -0.0840. The number of fused-ring (bicyclic) bond motifs is 1. The van der Waals surface area contributed by atoms with Crippen LogP contribution in [-0.4, -0.2) is 46.6 Å². The monoisotopic (exact) mass is 451 g/mol. The van der Waals surface area contributed by atoms with Gasteiger partial charge in [-0.25, -0.2) is 9.97 Å². The van der Waals surface area contributed by atoms with Gasteiger partial charge in [0.1, 0.15) is 5.82 Å². The van der Waals surface area contributed by atoms with Crippen LogP contribution in [0.5, 0.6) is 0 Å². The lowest BCUT2D eigenvalue weighted by Crippen LogP contribution is -2.43. The van der Waals surface area contributed by atoms with Crippen molar-refractivity contribution in [1.29, 1.82) is 0 Å². The quantitative estimate of drug-likeness (QED) is 0.432. The molecule has 6 rings (SSSR count). The number of imidazole rings is 1. The number of nitrogens with zero attached hydrogens (tertiary/aromatic N) is 4. The Morgan fingerprint density at radius 2 is 1.76 bits per heavy atom. The average Bonchev–Trinajstić information content (AvgIpc) is 3.54. The van der Waals surface area contributed by atoms with E-state index in [0.29, 0.717) is 17.9 Å². The van der Waals surface area contributed by atoms with Crippen molar-refractivity contribution in [2.45, 2.75) is 6.54 Å². The van der Waals surface area contributed by atoms with Gasteiger partial charge in [-0.2, -0.15) is 0 Å². The molecule has 4 heterocycles. The predicted molar refractivity (Wildman–Crippen MR) is 133 cm³/mol. The van der Waals surface area contributed by atoms with E-state index in [1.165, 1.54) is 0 Å². The van der Waals surface area contributed by atoms with Crippen LogP contribution in [0.1, 0.15) is 15.9 Å².